The first-order valence-corrected chi connectivity index (χ1v) is 10.9. The van der Waals surface area contributed by atoms with E-state index in [1.807, 2.05) is 51.1 Å². The molecule has 7 nitrogen and oxygen atoms in total. The maximum atomic E-state index is 12.6. The Balaban J connectivity index is 1.58. The van der Waals surface area contributed by atoms with Crippen LogP contribution in [0.2, 0.25) is 0 Å². The molecule has 33 heavy (non-hydrogen) atoms. The van der Waals surface area contributed by atoms with E-state index in [1.54, 1.807) is 24.4 Å². The Hall–Kier alpha value is -3.87. The summed E-state index contributed by atoms with van der Waals surface area (Å²) in [6, 6.07) is 10.6. The number of carbonyl (C=O) groups excluding carboxylic acids is 1. The van der Waals surface area contributed by atoms with E-state index in [0.29, 0.717) is 5.56 Å². The Morgan fingerprint density at radius 3 is 2.12 bits per heavy atom. The molecule has 1 amide bonds. The molecule has 3 rings (SSSR count). The SMILES string of the molecule is C=C(C)/C(C)=C\C(=C/C)NC(=O)c1ccc(N2CCN(c3ccc(C(=O)O)cc3)CC2)nc1. The van der Waals surface area contributed by atoms with Crippen molar-refractivity contribution in [3.05, 3.63) is 89.3 Å². The second-order valence-corrected chi connectivity index (χ2v) is 8.04. The Morgan fingerprint density at radius 1 is 1.00 bits per heavy atom. The number of hydrogen-bond acceptors (Lipinski definition) is 5. The van der Waals surface area contributed by atoms with E-state index in [2.05, 4.69) is 26.7 Å². The number of carboxylic acid groups (broad SMARTS) is 1. The van der Waals surface area contributed by atoms with Crippen LogP contribution in [0.15, 0.2) is 78.2 Å². The molecular formula is C26H30N4O3. The number of piperazine rings is 1. The molecule has 2 N–H and O–H groups in total. The maximum Gasteiger partial charge on any atom is 0.335 e. The molecule has 0 bridgehead atoms. The number of aromatic nitrogens is 1. The zero-order valence-electron chi connectivity index (χ0n) is 19.3. The van der Waals surface area contributed by atoms with Gasteiger partial charge in [0.05, 0.1) is 11.1 Å². The van der Waals surface area contributed by atoms with E-state index in [-0.39, 0.29) is 11.5 Å². The first-order chi connectivity index (χ1) is 15.8. The van der Waals surface area contributed by atoms with Crippen LogP contribution < -0.4 is 15.1 Å². The predicted molar refractivity (Wildman–Crippen MR) is 132 cm³/mol. The van der Waals surface area contributed by atoms with Gasteiger partial charge in [0.1, 0.15) is 5.82 Å². The molecule has 7 heteroatoms. The number of carboxylic acids is 1. The monoisotopic (exact) mass is 446 g/mol. The lowest BCUT2D eigenvalue weighted by Crippen LogP contribution is -2.46. The second kappa shape index (κ2) is 10.6. The summed E-state index contributed by atoms with van der Waals surface area (Å²) in [6.45, 7) is 12.9. The molecular weight excluding hydrogens is 416 g/mol. The summed E-state index contributed by atoms with van der Waals surface area (Å²) in [6.07, 6.45) is 5.35. The summed E-state index contributed by atoms with van der Waals surface area (Å²) < 4.78 is 0. The van der Waals surface area contributed by atoms with Crippen molar-refractivity contribution in [3.8, 4) is 0 Å². The average molecular weight is 447 g/mol. The highest BCUT2D eigenvalue weighted by molar-refractivity contribution is 5.95. The molecule has 0 unspecified atom stereocenters. The van der Waals surface area contributed by atoms with Crippen LogP contribution in [0, 0.1) is 0 Å². The zero-order chi connectivity index (χ0) is 24.0. The van der Waals surface area contributed by atoms with Gasteiger partial charge in [-0.1, -0.05) is 18.2 Å². The number of hydrogen-bond donors (Lipinski definition) is 2. The summed E-state index contributed by atoms with van der Waals surface area (Å²) in [5.41, 5.74) is 4.47. The number of amides is 1. The van der Waals surface area contributed by atoms with Gasteiger partial charge in [0, 0.05) is 43.8 Å². The fourth-order valence-corrected chi connectivity index (χ4v) is 3.47. The first kappa shape index (κ1) is 23.8. The molecule has 0 radical (unpaired) electrons. The predicted octanol–water partition coefficient (Wildman–Crippen LogP) is 4.26. The Labute approximate surface area is 194 Å². The minimum Gasteiger partial charge on any atom is -0.478 e. The quantitative estimate of drug-likeness (QED) is 0.618. The van der Waals surface area contributed by atoms with Crippen molar-refractivity contribution in [2.45, 2.75) is 20.8 Å². The molecule has 2 aromatic rings. The van der Waals surface area contributed by atoms with Crippen LogP contribution in [0.4, 0.5) is 11.5 Å². The third-order valence-electron chi connectivity index (χ3n) is 5.71. The van der Waals surface area contributed by atoms with Gasteiger partial charge in [0.25, 0.3) is 5.91 Å². The molecule has 0 saturated carbocycles. The lowest BCUT2D eigenvalue weighted by Gasteiger charge is -2.36. The number of rotatable bonds is 7. The van der Waals surface area contributed by atoms with E-state index in [9.17, 15) is 9.59 Å². The molecule has 1 fully saturated rings. The van der Waals surface area contributed by atoms with Gasteiger partial charge in [-0.3, -0.25) is 4.79 Å². The van der Waals surface area contributed by atoms with Crippen LogP contribution in [0.25, 0.3) is 0 Å². The third kappa shape index (κ3) is 6.10. The van der Waals surface area contributed by atoms with Crippen LogP contribution in [-0.4, -0.2) is 48.1 Å². The van der Waals surface area contributed by atoms with Crippen LogP contribution in [-0.2, 0) is 0 Å². The summed E-state index contributed by atoms with van der Waals surface area (Å²) in [5.74, 6) is -0.297. The highest BCUT2D eigenvalue weighted by Crippen LogP contribution is 2.20. The standard InChI is InChI=1S/C26H30N4O3/c1-5-22(16-19(4)18(2)3)28-25(31)21-8-11-24(27-17-21)30-14-12-29(13-15-30)23-9-6-20(7-10-23)26(32)33/h5-11,16-17H,2,12-15H2,1,3-4H3,(H,28,31)(H,32,33)/b19-16-,22-5+. The van der Waals surface area contributed by atoms with Crippen LogP contribution in [0.3, 0.4) is 0 Å². The smallest absolute Gasteiger partial charge is 0.335 e. The topological polar surface area (TPSA) is 85.8 Å². The molecule has 172 valence electrons. The fraction of sp³-hybridized carbons (Fsp3) is 0.269. The highest BCUT2D eigenvalue weighted by atomic mass is 16.4. The average Bonchev–Trinajstić information content (AvgIpc) is 2.83. The fourth-order valence-electron chi connectivity index (χ4n) is 3.47. The van der Waals surface area contributed by atoms with E-state index >= 15 is 0 Å². The van der Waals surface area contributed by atoms with Crippen molar-refractivity contribution in [2.75, 3.05) is 36.0 Å². The minimum absolute atomic E-state index is 0.206. The van der Waals surface area contributed by atoms with Gasteiger partial charge in [-0.15, -0.1) is 0 Å². The lowest BCUT2D eigenvalue weighted by atomic mass is 10.1. The van der Waals surface area contributed by atoms with Crippen molar-refractivity contribution in [3.63, 3.8) is 0 Å². The second-order valence-electron chi connectivity index (χ2n) is 8.04. The van der Waals surface area contributed by atoms with Gasteiger partial charge in [-0.25, -0.2) is 9.78 Å². The van der Waals surface area contributed by atoms with Gasteiger partial charge >= 0.3 is 5.97 Å². The molecule has 1 aliphatic heterocycles. The summed E-state index contributed by atoms with van der Waals surface area (Å²) in [4.78, 5) is 32.6. The van der Waals surface area contributed by atoms with Gasteiger partial charge in [0.2, 0.25) is 0 Å². The first-order valence-electron chi connectivity index (χ1n) is 10.9. The lowest BCUT2D eigenvalue weighted by molar-refractivity contribution is 0.0696. The van der Waals surface area contributed by atoms with Crippen molar-refractivity contribution >= 4 is 23.4 Å². The molecule has 1 saturated heterocycles. The molecule has 0 spiro atoms. The van der Waals surface area contributed by atoms with E-state index in [4.69, 9.17) is 5.11 Å². The maximum absolute atomic E-state index is 12.6. The molecule has 1 aliphatic rings. The summed E-state index contributed by atoms with van der Waals surface area (Å²) in [7, 11) is 0. The number of aromatic carboxylic acids is 1. The number of carbonyl (C=O) groups is 2. The zero-order valence-corrected chi connectivity index (χ0v) is 19.3. The van der Waals surface area contributed by atoms with Gasteiger partial charge in [-0.2, -0.15) is 0 Å². The number of nitrogens with one attached hydrogen (secondary N) is 1. The van der Waals surface area contributed by atoms with Crippen LogP contribution in [0.5, 0.6) is 0 Å². The highest BCUT2D eigenvalue weighted by Gasteiger charge is 2.19. The molecule has 1 aromatic heterocycles. The third-order valence-corrected chi connectivity index (χ3v) is 5.71. The van der Waals surface area contributed by atoms with Crippen molar-refractivity contribution in [1.29, 1.82) is 0 Å². The Bertz CT molecular complexity index is 1080. The number of anilines is 2. The van der Waals surface area contributed by atoms with Crippen LogP contribution in [0.1, 0.15) is 41.5 Å². The van der Waals surface area contributed by atoms with E-state index < -0.39 is 5.97 Å². The van der Waals surface area contributed by atoms with Crippen LogP contribution >= 0.6 is 0 Å². The molecule has 0 aliphatic carbocycles. The largest absolute Gasteiger partial charge is 0.478 e. The summed E-state index contributed by atoms with van der Waals surface area (Å²) >= 11 is 0. The van der Waals surface area contributed by atoms with E-state index in [1.165, 1.54) is 0 Å². The van der Waals surface area contributed by atoms with Gasteiger partial charge < -0.3 is 20.2 Å². The number of pyridine rings is 1. The number of allylic oxidation sites excluding steroid dienone is 4. The normalized spacial score (nSPS) is 14.8. The minimum atomic E-state index is -0.921. The molecule has 2 heterocycles. The molecule has 1 aromatic carbocycles. The Kier molecular flexibility index (Phi) is 7.66. The Morgan fingerprint density at radius 2 is 1.61 bits per heavy atom. The van der Waals surface area contributed by atoms with Gasteiger partial charge in [0.15, 0.2) is 0 Å². The summed E-state index contributed by atoms with van der Waals surface area (Å²) in [5, 5.41) is 12.0. The van der Waals surface area contributed by atoms with Crippen molar-refractivity contribution in [2.24, 2.45) is 0 Å². The van der Waals surface area contributed by atoms with Gasteiger partial charge in [-0.05, 0) is 68.8 Å². The number of nitrogens with zero attached hydrogens (tertiary/aromatic N) is 3. The van der Waals surface area contributed by atoms with Crippen molar-refractivity contribution < 1.29 is 14.7 Å². The number of benzene rings is 1. The molecule has 0 atom stereocenters. The van der Waals surface area contributed by atoms with E-state index in [0.717, 1.165) is 54.5 Å². The van der Waals surface area contributed by atoms with Crippen molar-refractivity contribution in [1.82, 2.24) is 10.3 Å².